The molecule has 160 valence electrons. The van der Waals surface area contributed by atoms with Gasteiger partial charge in [-0.15, -0.1) is 12.4 Å². The van der Waals surface area contributed by atoms with Crippen LogP contribution in [-0.2, 0) is 9.59 Å². The molecule has 3 rings (SSSR count). The van der Waals surface area contributed by atoms with Crippen LogP contribution in [0, 0.1) is 11.8 Å². The molecule has 7 nitrogen and oxygen atoms in total. The molecule has 2 amide bonds. The number of anilines is 1. The van der Waals surface area contributed by atoms with Crippen LogP contribution in [0.25, 0.3) is 0 Å². The summed E-state index contributed by atoms with van der Waals surface area (Å²) in [6.07, 6.45) is 5.30. The maximum Gasteiger partial charge on any atom is 0.335 e. The van der Waals surface area contributed by atoms with Gasteiger partial charge in [-0.05, 0) is 69.3 Å². The molecule has 0 bridgehead atoms. The lowest BCUT2D eigenvalue weighted by atomic mass is 9.92. The first-order valence-corrected chi connectivity index (χ1v) is 10.2. The zero-order valence-electron chi connectivity index (χ0n) is 16.6. The van der Waals surface area contributed by atoms with Gasteiger partial charge in [0.25, 0.3) is 0 Å². The average Bonchev–Trinajstić information content (AvgIpc) is 2.73. The van der Waals surface area contributed by atoms with E-state index in [1.807, 2.05) is 4.90 Å². The van der Waals surface area contributed by atoms with Crippen molar-refractivity contribution in [3.8, 4) is 0 Å². The number of carboxylic acids is 1. The first kappa shape index (κ1) is 23.2. The van der Waals surface area contributed by atoms with Crippen LogP contribution in [0.2, 0.25) is 0 Å². The maximum absolute atomic E-state index is 12.6. The first-order chi connectivity index (χ1) is 13.5. The number of carbonyl (C=O) groups is 3. The van der Waals surface area contributed by atoms with Gasteiger partial charge in [0.05, 0.1) is 11.5 Å². The number of carboxylic acid groups (broad SMARTS) is 1. The molecule has 0 spiro atoms. The molecule has 1 atom stereocenters. The van der Waals surface area contributed by atoms with Crippen LogP contribution in [0.3, 0.4) is 0 Å². The zero-order chi connectivity index (χ0) is 19.9. The van der Waals surface area contributed by atoms with Gasteiger partial charge in [0.1, 0.15) is 0 Å². The first-order valence-electron chi connectivity index (χ1n) is 10.2. The number of benzene rings is 1. The summed E-state index contributed by atoms with van der Waals surface area (Å²) in [5.74, 6) is -0.678. The van der Waals surface area contributed by atoms with Gasteiger partial charge in [-0.2, -0.15) is 0 Å². The lowest BCUT2D eigenvalue weighted by Crippen LogP contribution is -2.44. The smallest absolute Gasteiger partial charge is 0.335 e. The Hall–Kier alpha value is -2.12. The second-order valence-corrected chi connectivity index (χ2v) is 7.79. The van der Waals surface area contributed by atoms with Gasteiger partial charge < -0.3 is 20.6 Å². The molecule has 0 aliphatic carbocycles. The monoisotopic (exact) mass is 423 g/mol. The quantitative estimate of drug-likeness (QED) is 0.653. The Labute approximate surface area is 177 Å². The zero-order valence-corrected chi connectivity index (χ0v) is 17.4. The van der Waals surface area contributed by atoms with Crippen molar-refractivity contribution >= 4 is 35.9 Å². The predicted octanol–water partition coefficient (Wildman–Crippen LogP) is 2.76. The molecule has 0 saturated carbocycles. The van der Waals surface area contributed by atoms with Crippen molar-refractivity contribution in [3.63, 3.8) is 0 Å². The summed E-state index contributed by atoms with van der Waals surface area (Å²) in [4.78, 5) is 38.1. The van der Waals surface area contributed by atoms with E-state index in [1.54, 1.807) is 12.1 Å². The molecule has 0 unspecified atom stereocenters. The van der Waals surface area contributed by atoms with E-state index in [4.69, 9.17) is 5.11 Å². The van der Waals surface area contributed by atoms with Gasteiger partial charge in [-0.1, -0.05) is 6.07 Å². The van der Waals surface area contributed by atoms with Crippen LogP contribution in [0.4, 0.5) is 5.69 Å². The van der Waals surface area contributed by atoms with Crippen LogP contribution in [0.1, 0.15) is 48.9 Å². The van der Waals surface area contributed by atoms with E-state index in [0.717, 1.165) is 45.2 Å². The highest BCUT2D eigenvalue weighted by atomic mass is 35.5. The second-order valence-electron chi connectivity index (χ2n) is 7.79. The summed E-state index contributed by atoms with van der Waals surface area (Å²) in [7, 11) is 0. The van der Waals surface area contributed by atoms with Gasteiger partial charge >= 0.3 is 5.97 Å². The summed E-state index contributed by atoms with van der Waals surface area (Å²) in [5.41, 5.74) is 0.607. The van der Waals surface area contributed by atoms with E-state index < -0.39 is 5.97 Å². The van der Waals surface area contributed by atoms with Gasteiger partial charge in [-0.25, -0.2) is 4.79 Å². The van der Waals surface area contributed by atoms with Gasteiger partial charge in [-0.3, -0.25) is 9.59 Å². The lowest BCUT2D eigenvalue weighted by molar-refractivity contribution is -0.134. The molecule has 29 heavy (non-hydrogen) atoms. The molecule has 0 radical (unpaired) electrons. The van der Waals surface area contributed by atoms with Crippen LogP contribution >= 0.6 is 12.4 Å². The summed E-state index contributed by atoms with van der Waals surface area (Å²) in [6, 6.07) is 6.22. The minimum Gasteiger partial charge on any atom is -0.478 e. The number of hydrogen-bond donors (Lipinski definition) is 3. The number of rotatable bonds is 6. The van der Waals surface area contributed by atoms with Crippen molar-refractivity contribution in [2.75, 3.05) is 31.5 Å². The van der Waals surface area contributed by atoms with E-state index in [1.165, 1.54) is 12.1 Å². The third-order valence-electron chi connectivity index (χ3n) is 5.75. The van der Waals surface area contributed by atoms with Crippen LogP contribution in [-0.4, -0.2) is 54.0 Å². The normalized spacial score (nSPS) is 19.9. The number of amides is 2. The molecule has 0 aromatic heterocycles. The van der Waals surface area contributed by atoms with Crippen molar-refractivity contribution in [3.05, 3.63) is 29.8 Å². The number of carbonyl (C=O) groups excluding carboxylic acids is 2. The number of piperidine rings is 2. The highest BCUT2D eigenvalue weighted by Gasteiger charge is 2.28. The Bertz CT molecular complexity index is 722. The molecule has 2 aliphatic rings. The fourth-order valence-electron chi connectivity index (χ4n) is 4.05. The Morgan fingerprint density at radius 1 is 1.17 bits per heavy atom. The number of hydrogen-bond acceptors (Lipinski definition) is 4. The third-order valence-corrected chi connectivity index (χ3v) is 5.75. The van der Waals surface area contributed by atoms with Gasteiger partial charge in [0, 0.05) is 25.2 Å². The molecule has 2 aliphatic heterocycles. The van der Waals surface area contributed by atoms with E-state index in [0.29, 0.717) is 31.1 Å². The molecule has 2 heterocycles. The number of nitrogens with zero attached hydrogens (tertiary/aromatic N) is 1. The lowest BCUT2D eigenvalue weighted by Gasteiger charge is -2.32. The fourth-order valence-corrected chi connectivity index (χ4v) is 4.05. The summed E-state index contributed by atoms with van der Waals surface area (Å²) in [5, 5.41) is 15.2. The Kier molecular flexibility index (Phi) is 8.92. The number of likely N-dealkylation sites (tertiary alicyclic amines) is 1. The molecular weight excluding hydrogens is 394 g/mol. The average molecular weight is 424 g/mol. The standard InChI is InChI=1S/C21H29N3O4.ClH/c25-19(7-6-15-8-10-22-11-9-15)24-12-2-4-17(14-24)20(26)23-18-5-1-3-16(13-18)21(27)28;/h1,3,5,13,15,17,22H,2,4,6-12,14H2,(H,23,26)(H,27,28);1H/t17-;/m1./s1. The topological polar surface area (TPSA) is 98.7 Å². The highest BCUT2D eigenvalue weighted by molar-refractivity contribution is 5.95. The molecule has 2 saturated heterocycles. The number of halogens is 1. The summed E-state index contributed by atoms with van der Waals surface area (Å²) in [6.45, 7) is 3.22. The Morgan fingerprint density at radius 2 is 1.93 bits per heavy atom. The van der Waals surface area contributed by atoms with Crippen molar-refractivity contribution in [2.24, 2.45) is 11.8 Å². The van der Waals surface area contributed by atoms with E-state index in [2.05, 4.69) is 10.6 Å². The molecule has 8 heteroatoms. The summed E-state index contributed by atoms with van der Waals surface area (Å²) < 4.78 is 0. The predicted molar refractivity (Wildman–Crippen MR) is 113 cm³/mol. The number of aromatic carboxylic acids is 1. The number of nitrogens with one attached hydrogen (secondary N) is 2. The van der Waals surface area contributed by atoms with Crippen molar-refractivity contribution in [2.45, 2.75) is 38.5 Å². The van der Waals surface area contributed by atoms with Crippen LogP contribution in [0.5, 0.6) is 0 Å². The minimum absolute atomic E-state index is 0. The van der Waals surface area contributed by atoms with Crippen LogP contribution < -0.4 is 10.6 Å². The van der Waals surface area contributed by atoms with E-state index in [-0.39, 0.29) is 35.7 Å². The second kappa shape index (κ2) is 11.2. The molecule has 1 aromatic carbocycles. The van der Waals surface area contributed by atoms with Crippen molar-refractivity contribution < 1.29 is 19.5 Å². The SMILES string of the molecule is Cl.O=C(O)c1cccc(NC(=O)[C@@H]2CCCN(C(=O)CCC3CCNCC3)C2)c1. The third kappa shape index (κ3) is 6.72. The molecule has 1 aromatic rings. The molecule has 2 fully saturated rings. The largest absolute Gasteiger partial charge is 0.478 e. The van der Waals surface area contributed by atoms with Crippen molar-refractivity contribution in [1.29, 1.82) is 0 Å². The van der Waals surface area contributed by atoms with Gasteiger partial charge in [0.2, 0.25) is 11.8 Å². The minimum atomic E-state index is -1.03. The fraction of sp³-hybridized carbons (Fsp3) is 0.571. The summed E-state index contributed by atoms with van der Waals surface area (Å²) >= 11 is 0. The van der Waals surface area contributed by atoms with Gasteiger partial charge in [0.15, 0.2) is 0 Å². The Balaban J connectivity index is 0.00000300. The van der Waals surface area contributed by atoms with E-state index in [9.17, 15) is 14.4 Å². The van der Waals surface area contributed by atoms with Crippen molar-refractivity contribution in [1.82, 2.24) is 10.2 Å². The molecule has 3 N–H and O–H groups in total. The van der Waals surface area contributed by atoms with E-state index >= 15 is 0 Å². The maximum atomic E-state index is 12.6. The Morgan fingerprint density at radius 3 is 2.66 bits per heavy atom. The highest BCUT2D eigenvalue weighted by Crippen LogP contribution is 2.22. The van der Waals surface area contributed by atoms with Crippen LogP contribution in [0.15, 0.2) is 24.3 Å². The molecular formula is C21H30ClN3O4.